The molecule has 0 amide bonds. The highest BCUT2D eigenvalue weighted by atomic mass is 19.3. The van der Waals surface area contributed by atoms with Crippen LogP contribution in [0.15, 0.2) is 36.5 Å². The van der Waals surface area contributed by atoms with Gasteiger partial charge in [0.1, 0.15) is 11.6 Å². The smallest absolute Gasteiger partial charge is 0.387 e. The highest BCUT2D eigenvalue weighted by molar-refractivity contribution is 5.69. The van der Waals surface area contributed by atoms with E-state index >= 15 is 0 Å². The van der Waals surface area contributed by atoms with Crippen molar-refractivity contribution in [2.24, 2.45) is 0 Å². The molecule has 1 fully saturated rings. The van der Waals surface area contributed by atoms with Gasteiger partial charge in [-0.25, -0.2) is 4.98 Å². The maximum Gasteiger partial charge on any atom is 0.387 e. The molecule has 2 atom stereocenters. The van der Waals surface area contributed by atoms with E-state index in [1.807, 2.05) is 19.1 Å². The largest absolute Gasteiger partial charge is 0.481 e. The van der Waals surface area contributed by atoms with E-state index in [4.69, 9.17) is 4.74 Å². The molecule has 180 valence electrons. The van der Waals surface area contributed by atoms with Gasteiger partial charge in [-0.1, -0.05) is 26.0 Å². The summed E-state index contributed by atoms with van der Waals surface area (Å²) < 4.78 is 34.8. The molecule has 3 rings (SSSR count). The molecule has 1 aliphatic heterocycles. The van der Waals surface area contributed by atoms with E-state index < -0.39 is 12.6 Å². The van der Waals surface area contributed by atoms with Crippen LogP contribution in [-0.4, -0.2) is 53.9 Å². The second-order valence-corrected chi connectivity index (χ2v) is 8.00. The molecule has 7 nitrogen and oxygen atoms in total. The summed E-state index contributed by atoms with van der Waals surface area (Å²) >= 11 is 0. The van der Waals surface area contributed by atoms with Crippen molar-refractivity contribution in [3.8, 4) is 5.75 Å². The van der Waals surface area contributed by atoms with Crippen molar-refractivity contribution in [3.05, 3.63) is 47.7 Å². The van der Waals surface area contributed by atoms with Gasteiger partial charge < -0.3 is 19.9 Å². The zero-order chi connectivity index (χ0) is 23.8. The first-order valence-corrected chi connectivity index (χ1v) is 11.3. The predicted octanol–water partition coefficient (Wildman–Crippen LogP) is 5.18. The second-order valence-electron chi connectivity index (χ2n) is 8.00. The average Bonchev–Trinajstić information content (AvgIpc) is 2.80. The average molecular weight is 464 g/mol. The van der Waals surface area contributed by atoms with Gasteiger partial charge in [0.05, 0.1) is 25.8 Å². The molecule has 2 heterocycles. The van der Waals surface area contributed by atoms with E-state index in [9.17, 15) is 18.7 Å². The Morgan fingerprint density at radius 2 is 1.97 bits per heavy atom. The lowest BCUT2D eigenvalue weighted by molar-refractivity contribution is -0.137. The van der Waals surface area contributed by atoms with E-state index in [1.54, 1.807) is 6.07 Å². The molecule has 0 radical (unpaired) electrons. The maximum atomic E-state index is 12.4. The molecule has 1 aromatic carbocycles. The van der Waals surface area contributed by atoms with Gasteiger partial charge in [-0.05, 0) is 48.1 Å². The second kappa shape index (κ2) is 11.9. The number of nitrogens with zero attached hydrogens (tertiary/aromatic N) is 2. The SMILES string of the molecule is CCC(CC(=O)O)c1ccc([C@@H](CC)N2CCOCC2)c(Nc2ccc(OC(F)F)cn2)c1. The number of carbonyl (C=O) groups is 1. The summed E-state index contributed by atoms with van der Waals surface area (Å²) in [6, 6.07) is 9.21. The summed E-state index contributed by atoms with van der Waals surface area (Å²) in [4.78, 5) is 17.9. The number of aliphatic carboxylic acids is 1. The number of morpholine rings is 1. The first-order valence-electron chi connectivity index (χ1n) is 11.3. The molecule has 1 aromatic heterocycles. The number of anilines is 2. The van der Waals surface area contributed by atoms with E-state index in [-0.39, 0.29) is 24.1 Å². The molecule has 9 heteroatoms. The maximum absolute atomic E-state index is 12.4. The number of carboxylic acid groups (broad SMARTS) is 1. The number of nitrogens with one attached hydrogen (secondary N) is 1. The fourth-order valence-electron chi connectivity index (χ4n) is 4.26. The molecule has 1 unspecified atom stereocenters. The van der Waals surface area contributed by atoms with Crippen LogP contribution in [0.5, 0.6) is 5.75 Å². The van der Waals surface area contributed by atoms with Crippen LogP contribution < -0.4 is 10.1 Å². The van der Waals surface area contributed by atoms with Gasteiger partial charge >= 0.3 is 12.6 Å². The van der Waals surface area contributed by atoms with Crippen LogP contribution in [-0.2, 0) is 9.53 Å². The normalized spacial score (nSPS) is 16.4. The van der Waals surface area contributed by atoms with E-state index in [0.29, 0.717) is 25.5 Å². The van der Waals surface area contributed by atoms with Gasteiger partial charge in [0.2, 0.25) is 0 Å². The van der Waals surface area contributed by atoms with Crippen LogP contribution in [0.2, 0.25) is 0 Å². The van der Waals surface area contributed by atoms with Crippen molar-refractivity contribution in [1.29, 1.82) is 0 Å². The van der Waals surface area contributed by atoms with Gasteiger partial charge in [0.25, 0.3) is 0 Å². The fraction of sp³-hybridized carbons (Fsp3) is 0.500. The van der Waals surface area contributed by atoms with Gasteiger partial charge in [-0.15, -0.1) is 0 Å². The molecule has 0 bridgehead atoms. The summed E-state index contributed by atoms with van der Waals surface area (Å²) in [5, 5.41) is 12.6. The van der Waals surface area contributed by atoms with Crippen molar-refractivity contribution in [1.82, 2.24) is 9.88 Å². The third-order valence-electron chi connectivity index (χ3n) is 5.92. The summed E-state index contributed by atoms with van der Waals surface area (Å²) in [6.45, 7) is 4.21. The number of hydrogen-bond donors (Lipinski definition) is 2. The predicted molar refractivity (Wildman–Crippen MR) is 121 cm³/mol. The lowest BCUT2D eigenvalue weighted by Crippen LogP contribution is -2.39. The molecule has 0 saturated carbocycles. The minimum Gasteiger partial charge on any atom is -0.481 e. The Morgan fingerprint density at radius 1 is 1.21 bits per heavy atom. The Balaban J connectivity index is 1.95. The summed E-state index contributed by atoms with van der Waals surface area (Å²) in [7, 11) is 0. The third-order valence-corrected chi connectivity index (χ3v) is 5.92. The van der Waals surface area contributed by atoms with Gasteiger partial charge in [-0.2, -0.15) is 8.78 Å². The standard InChI is InChI=1S/C24H31F2N3O4/c1-3-16(14-23(30)31)17-5-7-19(21(4-2)29-9-11-32-12-10-29)20(13-17)28-22-8-6-18(15-27-22)33-24(25)26/h5-8,13,15-16,21,24H,3-4,9-12,14H2,1-2H3,(H,27,28)(H,30,31)/t16?,21-/m1/s1. The number of halogens is 2. The number of pyridine rings is 1. The van der Waals surface area contributed by atoms with Gasteiger partial charge in [0.15, 0.2) is 0 Å². The molecule has 1 aliphatic rings. The minimum absolute atomic E-state index is 0.0169. The minimum atomic E-state index is -2.91. The Morgan fingerprint density at radius 3 is 2.55 bits per heavy atom. The lowest BCUT2D eigenvalue weighted by atomic mass is 9.90. The van der Waals surface area contributed by atoms with Crippen molar-refractivity contribution in [3.63, 3.8) is 0 Å². The fourth-order valence-corrected chi connectivity index (χ4v) is 4.26. The van der Waals surface area contributed by atoms with Crippen molar-refractivity contribution < 1.29 is 28.2 Å². The number of benzene rings is 1. The Bertz CT molecular complexity index is 905. The molecular formula is C24H31F2N3O4. The molecule has 0 spiro atoms. The summed E-state index contributed by atoms with van der Waals surface area (Å²) in [5.74, 6) is -0.485. The van der Waals surface area contributed by atoms with Crippen LogP contribution in [0.4, 0.5) is 20.3 Å². The number of aromatic nitrogens is 1. The number of rotatable bonds is 11. The van der Waals surface area contributed by atoms with Crippen LogP contribution in [0, 0.1) is 0 Å². The quantitative estimate of drug-likeness (QED) is 0.475. The van der Waals surface area contributed by atoms with Gasteiger partial charge in [-0.3, -0.25) is 9.69 Å². The molecular weight excluding hydrogens is 432 g/mol. The topological polar surface area (TPSA) is 83.9 Å². The zero-order valence-electron chi connectivity index (χ0n) is 19.0. The van der Waals surface area contributed by atoms with Crippen LogP contribution in [0.3, 0.4) is 0 Å². The van der Waals surface area contributed by atoms with Crippen LogP contribution in [0.25, 0.3) is 0 Å². The first-order chi connectivity index (χ1) is 15.9. The van der Waals surface area contributed by atoms with Crippen molar-refractivity contribution >= 4 is 17.5 Å². The first kappa shape index (κ1) is 24.9. The monoisotopic (exact) mass is 463 g/mol. The third kappa shape index (κ3) is 6.85. The lowest BCUT2D eigenvalue weighted by Gasteiger charge is -2.35. The van der Waals surface area contributed by atoms with E-state index in [0.717, 1.165) is 36.3 Å². The van der Waals surface area contributed by atoms with Crippen molar-refractivity contribution in [2.75, 3.05) is 31.6 Å². The Labute approximate surface area is 192 Å². The van der Waals surface area contributed by atoms with Crippen molar-refractivity contribution in [2.45, 2.75) is 51.7 Å². The molecule has 2 aromatic rings. The highest BCUT2D eigenvalue weighted by Crippen LogP contribution is 2.36. The highest BCUT2D eigenvalue weighted by Gasteiger charge is 2.25. The number of carboxylic acids is 1. The molecule has 2 N–H and O–H groups in total. The van der Waals surface area contributed by atoms with E-state index in [1.165, 1.54) is 12.3 Å². The zero-order valence-corrected chi connectivity index (χ0v) is 19.0. The van der Waals surface area contributed by atoms with Gasteiger partial charge in [0, 0.05) is 24.8 Å². The molecule has 1 saturated heterocycles. The molecule has 0 aliphatic carbocycles. The summed E-state index contributed by atoms with van der Waals surface area (Å²) in [5.41, 5.74) is 2.83. The Kier molecular flexibility index (Phi) is 8.96. The van der Waals surface area contributed by atoms with Crippen LogP contribution >= 0.6 is 0 Å². The Hall–Kier alpha value is -2.78. The summed E-state index contributed by atoms with van der Waals surface area (Å²) in [6.07, 6.45) is 2.88. The number of ether oxygens (including phenoxy) is 2. The molecule has 33 heavy (non-hydrogen) atoms. The number of hydrogen-bond acceptors (Lipinski definition) is 6. The number of alkyl halides is 2. The van der Waals surface area contributed by atoms with E-state index in [2.05, 4.69) is 32.9 Å². The van der Waals surface area contributed by atoms with Crippen LogP contribution in [0.1, 0.15) is 56.2 Å².